The van der Waals surface area contributed by atoms with Gasteiger partial charge in [-0.15, -0.1) is 0 Å². The highest BCUT2D eigenvalue weighted by Gasteiger charge is 2.23. The maximum absolute atomic E-state index is 12.3. The number of nitrogens with two attached hydrogens (primary N) is 1. The highest BCUT2D eigenvalue weighted by Crippen LogP contribution is 2.04. The molecule has 0 fully saturated rings. The largest absolute Gasteiger partial charge is 0.445 e. The first-order valence-corrected chi connectivity index (χ1v) is 9.94. The summed E-state index contributed by atoms with van der Waals surface area (Å²) in [6.45, 7) is 0.115. The van der Waals surface area contributed by atoms with E-state index >= 15 is 0 Å². The molecule has 0 aliphatic rings. The Morgan fingerprint density at radius 2 is 1.58 bits per heavy atom. The second kappa shape index (κ2) is 13.0. The first-order chi connectivity index (χ1) is 14.9. The van der Waals surface area contributed by atoms with Crippen LogP contribution in [0.1, 0.15) is 24.0 Å². The fraction of sp³-hybridized carbons (Fsp3) is 0.318. The number of primary amides is 1. The molecular formula is C22H28N4O5. The Morgan fingerprint density at radius 1 is 0.968 bits per heavy atom. The first-order valence-electron chi connectivity index (χ1n) is 9.94. The van der Waals surface area contributed by atoms with Crippen molar-refractivity contribution in [1.82, 2.24) is 16.2 Å². The van der Waals surface area contributed by atoms with E-state index in [9.17, 15) is 19.5 Å². The predicted molar refractivity (Wildman–Crippen MR) is 114 cm³/mol. The van der Waals surface area contributed by atoms with Gasteiger partial charge in [0.25, 0.3) is 5.91 Å². The Labute approximate surface area is 180 Å². The van der Waals surface area contributed by atoms with E-state index in [1.54, 1.807) is 24.3 Å². The number of aliphatic hydroxyl groups is 1. The summed E-state index contributed by atoms with van der Waals surface area (Å²) in [6, 6.07) is 17.5. The Balaban J connectivity index is 1.73. The average Bonchev–Trinajstić information content (AvgIpc) is 2.77. The number of nitrogens with one attached hydrogen (secondary N) is 3. The minimum atomic E-state index is -1.21. The van der Waals surface area contributed by atoms with Gasteiger partial charge in [0, 0.05) is 6.54 Å². The molecule has 9 heteroatoms. The number of benzene rings is 2. The van der Waals surface area contributed by atoms with Gasteiger partial charge in [0.05, 0.1) is 12.5 Å². The Kier molecular flexibility index (Phi) is 9.99. The van der Waals surface area contributed by atoms with Crippen molar-refractivity contribution >= 4 is 17.9 Å². The van der Waals surface area contributed by atoms with E-state index in [0.29, 0.717) is 12.8 Å². The van der Waals surface area contributed by atoms with Gasteiger partial charge in [0.1, 0.15) is 12.6 Å². The predicted octanol–water partition coefficient (Wildman–Crippen LogP) is 0.771. The van der Waals surface area contributed by atoms with E-state index < -0.39 is 36.5 Å². The van der Waals surface area contributed by atoms with Crippen LogP contribution in [0, 0.1) is 0 Å². The van der Waals surface area contributed by atoms with Crippen molar-refractivity contribution in [3.05, 3.63) is 71.8 Å². The zero-order valence-electron chi connectivity index (χ0n) is 17.1. The third-order valence-corrected chi connectivity index (χ3v) is 4.38. The van der Waals surface area contributed by atoms with E-state index in [4.69, 9.17) is 10.5 Å². The van der Waals surface area contributed by atoms with E-state index in [0.717, 1.165) is 11.1 Å². The third kappa shape index (κ3) is 9.75. The van der Waals surface area contributed by atoms with Crippen molar-refractivity contribution in [3.63, 3.8) is 0 Å². The minimum absolute atomic E-state index is 0.0173. The lowest BCUT2D eigenvalue weighted by molar-refractivity contribution is -0.127. The molecule has 0 radical (unpaired) electrons. The van der Waals surface area contributed by atoms with Crippen molar-refractivity contribution in [2.75, 3.05) is 6.54 Å². The summed E-state index contributed by atoms with van der Waals surface area (Å²) in [7, 11) is 0. The zero-order chi connectivity index (χ0) is 22.5. The summed E-state index contributed by atoms with van der Waals surface area (Å²) in [5.74, 6) is -1.43. The van der Waals surface area contributed by atoms with Crippen LogP contribution in [0.15, 0.2) is 60.7 Å². The minimum Gasteiger partial charge on any atom is -0.445 e. The van der Waals surface area contributed by atoms with Gasteiger partial charge in [-0.05, 0) is 24.0 Å². The molecular weight excluding hydrogens is 400 g/mol. The van der Waals surface area contributed by atoms with E-state index in [1.165, 1.54) is 0 Å². The van der Waals surface area contributed by atoms with E-state index in [1.807, 2.05) is 36.4 Å². The highest BCUT2D eigenvalue weighted by atomic mass is 16.5. The number of alkyl carbamates (subject to hydrolysis) is 1. The van der Waals surface area contributed by atoms with Crippen molar-refractivity contribution in [3.8, 4) is 0 Å². The number of hydrazine groups is 1. The average molecular weight is 428 g/mol. The lowest BCUT2D eigenvalue weighted by atomic mass is 10.1. The van der Waals surface area contributed by atoms with Crippen LogP contribution in [-0.4, -0.2) is 41.7 Å². The standard InChI is InChI=1S/C22H28N4O5/c23-20(28)13-19(25-22(30)31-15-17-9-5-2-6-10-17)21(29)26-24-14-18(27)12-11-16-7-3-1-4-8-16/h1-10,18-19,24,27H,11-15H2,(H2,23,28)(H,25,30)(H,26,29)/t18?,19-/m1/s1. The topological polar surface area (TPSA) is 143 Å². The lowest BCUT2D eigenvalue weighted by Crippen LogP contribution is -2.53. The second-order valence-electron chi connectivity index (χ2n) is 6.98. The molecule has 0 heterocycles. The van der Waals surface area contributed by atoms with Crippen molar-refractivity contribution in [2.45, 2.75) is 38.0 Å². The molecule has 6 N–H and O–H groups in total. The molecule has 166 valence electrons. The monoisotopic (exact) mass is 428 g/mol. The number of rotatable bonds is 12. The highest BCUT2D eigenvalue weighted by molar-refractivity contribution is 5.90. The Hall–Kier alpha value is -3.43. The van der Waals surface area contributed by atoms with Crippen LogP contribution < -0.4 is 21.9 Å². The maximum Gasteiger partial charge on any atom is 0.408 e. The van der Waals surface area contributed by atoms with E-state index in [2.05, 4.69) is 16.2 Å². The SMILES string of the molecule is NC(=O)C[C@@H](NC(=O)OCc1ccccc1)C(=O)NNCC(O)CCc1ccccc1. The summed E-state index contributed by atoms with van der Waals surface area (Å²) < 4.78 is 5.06. The molecule has 2 atom stereocenters. The molecule has 1 unspecified atom stereocenters. The molecule has 3 amide bonds. The molecule has 0 bridgehead atoms. The van der Waals surface area contributed by atoms with Crippen LogP contribution in [0.5, 0.6) is 0 Å². The van der Waals surface area contributed by atoms with Crippen LogP contribution in [-0.2, 0) is 27.4 Å². The van der Waals surface area contributed by atoms with Crippen molar-refractivity contribution < 1.29 is 24.2 Å². The van der Waals surface area contributed by atoms with Crippen molar-refractivity contribution in [2.24, 2.45) is 5.73 Å². The number of hydrogen-bond acceptors (Lipinski definition) is 6. The lowest BCUT2D eigenvalue weighted by Gasteiger charge is -2.18. The fourth-order valence-electron chi connectivity index (χ4n) is 2.74. The molecule has 2 rings (SSSR count). The Bertz CT molecular complexity index is 832. The van der Waals surface area contributed by atoms with Crippen LogP contribution in [0.4, 0.5) is 4.79 Å². The molecule has 0 saturated heterocycles. The molecule has 0 aliphatic heterocycles. The van der Waals surface area contributed by atoms with Crippen LogP contribution >= 0.6 is 0 Å². The summed E-state index contributed by atoms with van der Waals surface area (Å²) in [5, 5.41) is 12.4. The zero-order valence-corrected chi connectivity index (χ0v) is 17.1. The number of aliphatic hydroxyl groups excluding tert-OH is 1. The van der Waals surface area contributed by atoms with Gasteiger partial charge in [-0.2, -0.15) is 0 Å². The molecule has 9 nitrogen and oxygen atoms in total. The smallest absolute Gasteiger partial charge is 0.408 e. The van der Waals surface area contributed by atoms with Crippen LogP contribution in [0.3, 0.4) is 0 Å². The number of aryl methyl sites for hydroxylation is 1. The fourth-order valence-corrected chi connectivity index (χ4v) is 2.74. The van der Waals surface area contributed by atoms with Gasteiger partial charge in [-0.1, -0.05) is 60.7 Å². The summed E-state index contributed by atoms with van der Waals surface area (Å²) in [4.78, 5) is 35.6. The quantitative estimate of drug-likeness (QED) is 0.316. The number of hydrogen-bond donors (Lipinski definition) is 5. The van der Waals surface area contributed by atoms with Gasteiger partial charge in [-0.25, -0.2) is 10.2 Å². The normalized spacial score (nSPS) is 12.4. The third-order valence-electron chi connectivity index (χ3n) is 4.38. The van der Waals surface area contributed by atoms with Gasteiger partial charge >= 0.3 is 6.09 Å². The number of carbonyl (C=O) groups is 3. The molecule has 2 aromatic rings. The van der Waals surface area contributed by atoms with Gasteiger partial charge in [-0.3, -0.25) is 15.0 Å². The Morgan fingerprint density at radius 3 is 2.19 bits per heavy atom. The van der Waals surface area contributed by atoms with Gasteiger partial charge in [0.2, 0.25) is 5.91 Å². The number of carbonyl (C=O) groups excluding carboxylic acids is 3. The maximum atomic E-state index is 12.3. The number of ether oxygens (including phenoxy) is 1. The first kappa shape index (κ1) is 23.8. The van der Waals surface area contributed by atoms with Gasteiger partial charge < -0.3 is 20.9 Å². The van der Waals surface area contributed by atoms with Crippen LogP contribution in [0.2, 0.25) is 0 Å². The summed E-state index contributed by atoms with van der Waals surface area (Å²) >= 11 is 0. The van der Waals surface area contributed by atoms with Gasteiger partial charge in [0.15, 0.2) is 0 Å². The van der Waals surface area contributed by atoms with Crippen LogP contribution in [0.25, 0.3) is 0 Å². The second-order valence-corrected chi connectivity index (χ2v) is 6.98. The molecule has 0 spiro atoms. The van der Waals surface area contributed by atoms with Crippen molar-refractivity contribution in [1.29, 1.82) is 0 Å². The molecule has 31 heavy (non-hydrogen) atoms. The number of amides is 3. The summed E-state index contributed by atoms with van der Waals surface area (Å²) in [6.07, 6.45) is -0.754. The molecule has 2 aromatic carbocycles. The summed E-state index contributed by atoms with van der Waals surface area (Å²) in [5.41, 5.74) is 12.0. The molecule has 0 aliphatic carbocycles. The molecule has 0 aromatic heterocycles. The van der Waals surface area contributed by atoms with E-state index in [-0.39, 0.29) is 13.2 Å². The molecule has 0 saturated carbocycles.